The lowest BCUT2D eigenvalue weighted by Gasteiger charge is -2.32. The SMILES string of the molecule is COC[C@H](N)CCCc1cc(-c2cc3cn(-c4ccc([C@@H]5CCC[C@@H](CCNC(C)=N)N5)c(OC(F)(F)F)c4)c(=O)nc3[nH]2)c(F)c(C(F)(F)F)c1. The van der Waals surface area contributed by atoms with Crippen molar-refractivity contribution in [3.8, 4) is 22.7 Å². The topological polar surface area (TPSA) is 143 Å². The van der Waals surface area contributed by atoms with Crippen LogP contribution in [0.4, 0.5) is 30.7 Å². The van der Waals surface area contributed by atoms with E-state index in [0.29, 0.717) is 38.1 Å². The van der Waals surface area contributed by atoms with Gasteiger partial charge in [0.15, 0.2) is 0 Å². The number of fused-ring (bicyclic) bond motifs is 1. The van der Waals surface area contributed by atoms with E-state index in [4.69, 9.17) is 15.9 Å². The fraction of sp³-hybridized carbons (Fsp3) is 0.457. The number of amidine groups is 1. The van der Waals surface area contributed by atoms with Gasteiger partial charge >= 0.3 is 18.2 Å². The summed E-state index contributed by atoms with van der Waals surface area (Å²) in [6.07, 6.45) is -5.00. The second kappa shape index (κ2) is 16.0. The van der Waals surface area contributed by atoms with Crippen LogP contribution in [-0.4, -0.2) is 59.1 Å². The van der Waals surface area contributed by atoms with Gasteiger partial charge in [0.05, 0.1) is 29.4 Å². The number of ether oxygens (including phenoxy) is 2. The van der Waals surface area contributed by atoms with Crippen molar-refractivity contribution in [2.24, 2.45) is 5.73 Å². The average molecular weight is 740 g/mol. The first kappa shape index (κ1) is 38.7. The molecule has 4 aromatic rings. The number of alkyl halides is 6. The van der Waals surface area contributed by atoms with Crippen LogP contribution in [-0.2, 0) is 17.3 Å². The van der Waals surface area contributed by atoms with E-state index >= 15 is 4.39 Å². The second-order valence-electron chi connectivity index (χ2n) is 12.9. The van der Waals surface area contributed by atoms with E-state index in [2.05, 4.69) is 25.3 Å². The number of nitrogens with two attached hydrogens (primary N) is 1. The molecule has 282 valence electrons. The van der Waals surface area contributed by atoms with E-state index < -0.39 is 47.0 Å². The van der Waals surface area contributed by atoms with Crippen LogP contribution in [0, 0.1) is 11.2 Å². The molecule has 1 aliphatic rings. The number of halogens is 7. The highest BCUT2D eigenvalue weighted by molar-refractivity contribution is 5.83. The lowest BCUT2D eigenvalue weighted by Crippen LogP contribution is -2.39. The normalized spacial score (nSPS) is 17.3. The molecule has 52 heavy (non-hydrogen) atoms. The Morgan fingerprint density at radius 1 is 1.15 bits per heavy atom. The number of rotatable bonds is 13. The summed E-state index contributed by atoms with van der Waals surface area (Å²) < 4.78 is 108. The predicted molar refractivity (Wildman–Crippen MR) is 181 cm³/mol. The standard InChI is InChI=1S/C35H40F7N7O3/c1-19(43)45-12-11-23-7-4-8-28(46-23)25-10-9-24(16-30(25)52-35(40,41)42)49-17-21-15-29(47-32(21)48-33(49)50)26-13-20(5-3-6-22(44)18-51-2)14-27(31(26)36)34(37,38)39/h9-10,13-17,22-23,28,46H,3-8,11-12,18,44H2,1-2H3,(H2,43,45)(H,47,48,50)/t22-,23+,28+/m1/s1. The minimum Gasteiger partial charge on any atom is -0.405 e. The number of nitrogens with zero attached hydrogens (tertiary/aromatic N) is 2. The van der Waals surface area contributed by atoms with Crippen LogP contribution in [0.3, 0.4) is 0 Å². The van der Waals surface area contributed by atoms with Crippen LogP contribution in [0.15, 0.2) is 47.4 Å². The summed E-state index contributed by atoms with van der Waals surface area (Å²) >= 11 is 0. The summed E-state index contributed by atoms with van der Waals surface area (Å²) in [7, 11) is 1.48. The van der Waals surface area contributed by atoms with E-state index in [-0.39, 0.29) is 58.7 Å². The van der Waals surface area contributed by atoms with Crippen LogP contribution >= 0.6 is 0 Å². The van der Waals surface area contributed by atoms with Gasteiger partial charge in [-0.3, -0.25) is 9.98 Å². The van der Waals surface area contributed by atoms with E-state index in [1.165, 1.54) is 37.6 Å². The molecule has 3 atom stereocenters. The Balaban J connectivity index is 1.48. The van der Waals surface area contributed by atoms with Gasteiger partial charge in [-0.05, 0) is 75.3 Å². The van der Waals surface area contributed by atoms with Gasteiger partial charge < -0.3 is 30.8 Å². The molecule has 0 bridgehead atoms. The largest absolute Gasteiger partial charge is 0.573 e. The fourth-order valence-electron chi connectivity index (χ4n) is 6.52. The lowest BCUT2D eigenvalue weighted by atomic mass is 9.91. The molecule has 17 heteroatoms. The molecule has 5 rings (SSSR count). The Bertz CT molecular complexity index is 1940. The number of aryl methyl sites for hydroxylation is 1. The molecule has 2 aromatic heterocycles. The molecule has 0 saturated carbocycles. The quantitative estimate of drug-likeness (QED) is 0.0571. The van der Waals surface area contributed by atoms with E-state index in [9.17, 15) is 31.1 Å². The Kier molecular flexibility index (Phi) is 12.0. The molecule has 0 unspecified atom stereocenters. The molecule has 1 aliphatic heterocycles. The highest BCUT2D eigenvalue weighted by Gasteiger charge is 2.37. The maximum absolute atomic E-state index is 15.4. The number of aromatic nitrogens is 3. The number of benzene rings is 2. The Morgan fingerprint density at radius 2 is 1.92 bits per heavy atom. The van der Waals surface area contributed by atoms with Crippen LogP contribution in [0.1, 0.15) is 68.2 Å². The van der Waals surface area contributed by atoms with Crippen molar-refractivity contribution in [1.82, 2.24) is 25.2 Å². The number of aromatic amines is 1. The second-order valence-corrected chi connectivity index (χ2v) is 12.9. The number of piperidine rings is 1. The first-order valence-corrected chi connectivity index (χ1v) is 16.7. The van der Waals surface area contributed by atoms with Crippen molar-refractivity contribution >= 4 is 16.9 Å². The van der Waals surface area contributed by atoms with Gasteiger partial charge in [0.1, 0.15) is 17.2 Å². The van der Waals surface area contributed by atoms with Crippen molar-refractivity contribution in [3.63, 3.8) is 0 Å². The lowest BCUT2D eigenvalue weighted by molar-refractivity contribution is -0.275. The van der Waals surface area contributed by atoms with Gasteiger partial charge in [0.2, 0.25) is 0 Å². The Labute approximate surface area is 294 Å². The zero-order valence-corrected chi connectivity index (χ0v) is 28.5. The highest BCUT2D eigenvalue weighted by atomic mass is 19.4. The summed E-state index contributed by atoms with van der Waals surface area (Å²) in [6.45, 7) is 2.41. The molecule has 0 radical (unpaired) electrons. The zero-order valence-electron chi connectivity index (χ0n) is 28.5. The van der Waals surface area contributed by atoms with Gasteiger partial charge in [-0.1, -0.05) is 12.5 Å². The molecule has 1 fully saturated rings. The minimum absolute atomic E-state index is 0.0117. The molecule has 2 aromatic carbocycles. The third-order valence-electron chi connectivity index (χ3n) is 8.90. The molecule has 0 amide bonds. The van der Waals surface area contributed by atoms with Gasteiger partial charge in [0.25, 0.3) is 0 Å². The molecular formula is C35H40F7N7O3. The number of hydrogen-bond donors (Lipinski definition) is 5. The van der Waals surface area contributed by atoms with Crippen LogP contribution in [0.2, 0.25) is 0 Å². The van der Waals surface area contributed by atoms with Crippen molar-refractivity contribution in [3.05, 3.63) is 75.6 Å². The first-order chi connectivity index (χ1) is 24.5. The Morgan fingerprint density at radius 3 is 2.62 bits per heavy atom. The highest BCUT2D eigenvalue weighted by Crippen LogP contribution is 2.39. The number of nitrogens with one attached hydrogen (secondary N) is 4. The van der Waals surface area contributed by atoms with Crippen LogP contribution in [0.25, 0.3) is 28.0 Å². The van der Waals surface area contributed by atoms with Crippen molar-refractivity contribution in [2.75, 3.05) is 20.3 Å². The summed E-state index contributed by atoms with van der Waals surface area (Å²) in [5, 5.41) is 14.0. The molecule has 1 saturated heterocycles. The van der Waals surface area contributed by atoms with Crippen LogP contribution in [0.5, 0.6) is 5.75 Å². The third-order valence-corrected chi connectivity index (χ3v) is 8.90. The minimum atomic E-state index is -5.04. The fourth-order valence-corrected chi connectivity index (χ4v) is 6.52. The molecular weight excluding hydrogens is 699 g/mol. The van der Waals surface area contributed by atoms with Gasteiger partial charge in [-0.2, -0.15) is 18.2 Å². The smallest absolute Gasteiger partial charge is 0.405 e. The number of H-pyrrole nitrogens is 1. The molecule has 0 spiro atoms. The molecule has 10 nitrogen and oxygen atoms in total. The van der Waals surface area contributed by atoms with Gasteiger partial charge in [-0.25, -0.2) is 9.18 Å². The average Bonchev–Trinajstić information content (AvgIpc) is 3.46. The van der Waals surface area contributed by atoms with E-state index in [0.717, 1.165) is 29.5 Å². The molecule has 0 aliphatic carbocycles. The summed E-state index contributed by atoms with van der Waals surface area (Å²) in [5.74, 6) is -1.72. The molecule has 6 N–H and O–H groups in total. The van der Waals surface area contributed by atoms with E-state index in [1.54, 1.807) is 6.92 Å². The van der Waals surface area contributed by atoms with E-state index in [1.807, 2.05) is 0 Å². The monoisotopic (exact) mass is 739 g/mol. The predicted octanol–water partition coefficient (Wildman–Crippen LogP) is 6.89. The van der Waals surface area contributed by atoms with Crippen molar-refractivity contribution in [2.45, 2.75) is 82.5 Å². The van der Waals surface area contributed by atoms with Gasteiger partial charge in [0, 0.05) is 60.6 Å². The molecule has 3 heterocycles. The third kappa shape index (κ3) is 9.68. The summed E-state index contributed by atoms with van der Waals surface area (Å²) in [4.78, 5) is 19.9. The van der Waals surface area contributed by atoms with Crippen molar-refractivity contribution in [1.29, 1.82) is 5.41 Å². The van der Waals surface area contributed by atoms with Crippen LogP contribution < -0.4 is 26.8 Å². The number of methoxy groups -OCH3 is 1. The summed E-state index contributed by atoms with van der Waals surface area (Å²) in [6, 6.07) is 6.52. The maximum atomic E-state index is 15.4. The maximum Gasteiger partial charge on any atom is 0.573 e. The zero-order chi connectivity index (χ0) is 37.8. The van der Waals surface area contributed by atoms with Crippen molar-refractivity contribution < 1.29 is 40.2 Å². The summed E-state index contributed by atoms with van der Waals surface area (Å²) in [5.41, 5.74) is 3.48. The number of hydrogen-bond acceptors (Lipinski definition) is 7. The Hall–Kier alpha value is -4.48. The first-order valence-electron chi connectivity index (χ1n) is 16.7. The van der Waals surface area contributed by atoms with Gasteiger partial charge in [-0.15, -0.1) is 13.2 Å².